The third-order valence-corrected chi connectivity index (χ3v) is 3.42. The maximum absolute atomic E-state index is 12.1. The molecule has 122 valence electrons. The van der Waals surface area contributed by atoms with Gasteiger partial charge in [-0.25, -0.2) is 4.98 Å². The van der Waals surface area contributed by atoms with Crippen molar-refractivity contribution in [2.45, 2.75) is 0 Å². The smallest absolute Gasteiger partial charge is 0.269 e. The molecule has 0 unspecified atom stereocenters. The summed E-state index contributed by atoms with van der Waals surface area (Å²) in [6.45, 7) is 0. The summed E-state index contributed by atoms with van der Waals surface area (Å²) in [6, 6.07) is 19.9. The largest absolute Gasteiger partial charge is 0.382 e. The lowest BCUT2D eigenvalue weighted by atomic mass is 10.1. The van der Waals surface area contributed by atoms with Crippen LogP contribution in [-0.2, 0) is 0 Å². The van der Waals surface area contributed by atoms with Crippen LogP contribution in [0.3, 0.4) is 0 Å². The second kappa shape index (κ2) is 7.10. The van der Waals surface area contributed by atoms with Crippen LogP contribution in [0.1, 0.15) is 15.9 Å². The van der Waals surface area contributed by atoms with Crippen molar-refractivity contribution in [2.75, 3.05) is 11.2 Å². The van der Waals surface area contributed by atoms with E-state index >= 15 is 0 Å². The van der Waals surface area contributed by atoms with Gasteiger partial charge in [-0.3, -0.25) is 15.6 Å². The molecule has 0 radical (unpaired) electrons. The Kier molecular flexibility index (Phi) is 4.53. The van der Waals surface area contributed by atoms with Crippen molar-refractivity contribution >= 4 is 17.7 Å². The Balaban J connectivity index is 1.87. The van der Waals surface area contributed by atoms with E-state index in [1.54, 1.807) is 24.3 Å². The van der Waals surface area contributed by atoms with Crippen molar-refractivity contribution in [3.63, 3.8) is 0 Å². The van der Waals surface area contributed by atoms with Crippen LogP contribution in [0.5, 0.6) is 0 Å². The quantitative estimate of drug-likeness (QED) is 0.632. The molecule has 0 saturated carbocycles. The summed E-state index contributed by atoms with van der Waals surface area (Å²) < 4.78 is 0. The number of rotatable bonds is 4. The molecule has 4 N–H and O–H groups in total. The molecule has 0 saturated heterocycles. The predicted molar refractivity (Wildman–Crippen MR) is 94.1 cm³/mol. The Morgan fingerprint density at radius 3 is 2.28 bits per heavy atom. The maximum Gasteiger partial charge on any atom is 0.269 e. The van der Waals surface area contributed by atoms with Crippen LogP contribution in [0.4, 0.5) is 11.8 Å². The fourth-order valence-electron chi connectivity index (χ4n) is 2.22. The Hall–Kier alpha value is -3.92. The molecule has 0 aliphatic heterocycles. The Morgan fingerprint density at radius 1 is 1.00 bits per heavy atom. The van der Waals surface area contributed by atoms with Crippen molar-refractivity contribution in [1.29, 1.82) is 5.26 Å². The van der Waals surface area contributed by atoms with E-state index in [1.807, 2.05) is 42.5 Å². The lowest BCUT2D eigenvalue weighted by molar-refractivity contribution is 0.0962. The summed E-state index contributed by atoms with van der Waals surface area (Å²) in [6.07, 6.45) is 0. The second-order valence-corrected chi connectivity index (χ2v) is 5.08. The van der Waals surface area contributed by atoms with Gasteiger partial charge in [0.2, 0.25) is 5.95 Å². The third-order valence-electron chi connectivity index (χ3n) is 3.42. The molecule has 0 fully saturated rings. The Bertz CT molecular complexity index is 935. The van der Waals surface area contributed by atoms with Crippen LogP contribution in [0.15, 0.2) is 60.7 Å². The number of nitriles is 1. The summed E-state index contributed by atoms with van der Waals surface area (Å²) in [4.78, 5) is 20.4. The van der Waals surface area contributed by atoms with Gasteiger partial charge in [0.1, 0.15) is 17.5 Å². The number of anilines is 2. The van der Waals surface area contributed by atoms with Gasteiger partial charge in [0.05, 0.1) is 5.69 Å². The molecule has 0 aliphatic rings. The highest BCUT2D eigenvalue weighted by Gasteiger charge is 2.14. The summed E-state index contributed by atoms with van der Waals surface area (Å²) in [7, 11) is 0. The van der Waals surface area contributed by atoms with E-state index in [1.165, 1.54) is 0 Å². The molecular weight excluding hydrogens is 316 g/mol. The first-order valence-corrected chi connectivity index (χ1v) is 7.43. The summed E-state index contributed by atoms with van der Waals surface area (Å²) in [5, 5.41) is 9.32. The van der Waals surface area contributed by atoms with Crippen molar-refractivity contribution in [3.8, 4) is 17.3 Å². The highest BCUT2D eigenvalue weighted by Crippen LogP contribution is 2.25. The summed E-state index contributed by atoms with van der Waals surface area (Å²) in [5.74, 6) is -0.208. The van der Waals surface area contributed by atoms with E-state index in [-0.39, 0.29) is 23.2 Å². The van der Waals surface area contributed by atoms with Crippen molar-refractivity contribution in [3.05, 3.63) is 71.8 Å². The van der Waals surface area contributed by atoms with Gasteiger partial charge in [0, 0.05) is 11.1 Å². The molecule has 25 heavy (non-hydrogen) atoms. The molecule has 3 aromatic rings. The zero-order valence-corrected chi connectivity index (χ0v) is 13.1. The van der Waals surface area contributed by atoms with Gasteiger partial charge in [-0.1, -0.05) is 48.5 Å². The van der Waals surface area contributed by atoms with Gasteiger partial charge in [-0.15, -0.1) is 0 Å². The lowest BCUT2D eigenvalue weighted by Crippen LogP contribution is -2.30. The number of nitrogens with one attached hydrogen (secondary N) is 2. The van der Waals surface area contributed by atoms with Crippen LogP contribution >= 0.6 is 0 Å². The van der Waals surface area contributed by atoms with Crippen LogP contribution in [-0.4, -0.2) is 15.9 Å². The monoisotopic (exact) mass is 330 g/mol. The number of hydrogen-bond acceptors (Lipinski definition) is 6. The van der Waals surface area contributed by atoms with Gasteiger partial charge >= 0.3 is 0 Å². The average molecular weight is 330 g/mol. The SMILES string of the molecule is N#Cc1c(N)nc(NNC(=O)c2ccccc2)nc1-c1ccccc1. The van der Waals surface area contributed by atoms with E-state index in [0.717, 1.165) is 5.56 Å². The standard InChI is InChI=1S/C18H14N6O/c19-11-14-15(12-7-3-1-4-8-12)21-18(22-16(14)20)24-23-17(25)13-9-5-2-6-10-13/h1-10H,(H,23,25)(H3,20,21,22,24). The van der Waals surface area contributed by atoms with Gasteiger partial charge in [0.25, 0.3) is 5.91 Å². The first-order valence-electron chi connectivity index (χ1n) is 7.43. The number of benzene rings is 2. The minimum absolute atomic E-state index is 0.0350. The maximum atomic E-state index is 12.1. The number of amides is 1. The van der Waals surface area contributed by atoms with E-state index in [0.29, 0.717) is 11.3 Å². The first kappa shape index (κ1) is 16.0. The van der Waals surface area contributed by atoms with E-state index in [4.69, 9.17) is 5.73 Å². The number of carbonyl (C=O) groups excluding carboxylic acids is 1. The van der Waals surface area contributed by atoms with Crippen molar-refractivity contribution in [2.24, 2.45) is 0 Å². The highest BCUT2D eigenvalue weighted by atomic mass is 16.2. The molecule has 7 nitrogen and oxygen atoms in total. The molecule has 1 aromatic heterocycles. The second-order valence-electron chi connectivity index (χ2n) is 5.08. The fraction of sp³-hybridized carbons (Fsp3) is 0. The zero-order chi connectivity index (χ0) is 17.6. The number of carbonyl (C=O) groups is 1. The van der Waals surface area contributed by atoms with E-state index in [9.17, 15) is 10.1 Å². The van der Waals surface area contributed by atoms with Crippen LogP contribution < -0.4 is 16.6 Å². The Morgan fingerprint density at radius 2 is 1.64 bits per heavy atom. The summed E-state index contributed by atoms with van der Waals surface area (Å²) in [5.41, 5.74) is 12.8. The molecule has 0 aliphatic carbocycles. The molecule has 7 heteroatoms. The molecule has 1 heterocycles. The topological polar surface area (TPSA) is 117 Å². The average Bonchev–Trinajstić information content (AvgIpc) is 2.67. The van der Waals surface area contributed by atoms with Gasteiger partial charge in [-0.2, -0.15) is 10.2 Å². The number of aromatic nitrogens is 2. The normalized spacial score (nSPS) is 9.88. The fourth-order valence-corrected chi connectivity index (χ4v) is 2.22. The van der Waals surface area contributed by atoms with Crippen molar-refractivity contribution < 1.29 is 4.79 Å². The third kappa shape index (κ3) is 3.54. The Labute approximate surface area is 144 Å². The molecule has 0 atom stereocenters. The van der Waals surface area contributed by atoms with Gasteiger partial charge < -0.3 is 5.73 Å². The first-order chi connectivity index (χ1) is 12.2. The number of hydrazine groups is 1. The predicted octanol–water partition coefficient (Wildman–Crippen LogP) is 2.35. The molecule has 1 amide bonds. The minimum Gasteiger partial charge on any atom is -0.382 e. The number of nitrogens with two attached hydrogens (primary N) is 1. The molecule has 3 rings (SSSR count). The van der Waals surface area contributed by atoms with Gasteiger partial charge in [0.15, 0.2) is 0 Å². The van der Waals surface area contributed by atoms with Crippen LogP contribution in [0.25, 0.3) is 11.3 Å². The zero-order valence-electron chi connectivity index (χ0n) is 13.1. The number of nitrogens with zero attached hydrogens (tertiary/aromatic N) is 3. The molecular formula is C18H14N6O. The van der Waals surface area contributed by atoms with E-state index in [2.05, 4.69) is 20.8 Å². The number of nitrogen functional groups attached to an aromatic ring is 1. The number of hydrogen-bond donors (Lipinski definition) is 3. The van der Waals surface area contributed by atoms with Crippen molar-refractivity contribution in [1.82, 2.24) is 15.4 Å². The van der Waals surface area contributed by atoms with Gasteiger partial charge in [-0.05, 0) is 12.1 Å². The van der Waals surface area contributed by atoms with Crippen LogP contribution in [0, 0.1) is 11.3 Å². The molecule has 0 bridgehead atoms. The highest BCUT2D eigenvalue weighted by molar-refractivity contribution is 5.94. The van der Waals surface area contributed by atoms with E-state index < -0.39 is 0 Å². The molecule has 0 spiro atoms. The van der Waals surface area contributed by atoms with Crippen LogP contribution in [0.2, 0.25) is 0 Å². The molecule has 2 aromatic carbocycles. The summed E-state index contributed by atoms with van der Waals surface area (Å²) >= 11 is 0. The lowest BCUT2D eigenvalue weighted by Gasteiger charge is -2.11. The minimum atomic E-state index is -0.339.